The van der Waals surface area contributed by atoms with E-state index >= 15 is 0 Å². The minimum atomic E-state index is -0.684. The third-order valence-corrected chi connectivity index (χ3v) is 4.29. The van der Waals surface area contributed by atoms with Gasteiger partial charge in [0.1, 0.15) is 6.61 Å². The molecule has 6 nitrogen and oxygen atoms in total. The number of benzene rings is 1. The highest BCUT2D eigenvalue weighted by atomic mass is 16.5. The Morgan fingerprint density at radius 3 is 2.67 bits per heavy atom. The molecule has 0 unspecified atom stereocenters. The topological polar surface area (TPSA) is 68.2 Å². The van der Waals surface area contributed by atoms with Gasteiger partial charge in [0.25, 0.3) is 0 Å². The van der Waals surface area contributed by atoms with E-state index < -0.39 is 5.97 Å². The third kappa shape index (κ3) is 5.11. The zero-order chi connectivity index (χ0) is 17.4. The number of para-hydroxylation sites is 1. The second kappa shape index (κ2) is 9.49. The lowest BCUT2D eigenvalue weighted by Crippen LogP contribution is -2.35. The molecule has 1 saturated heterocycles. The van der Waals surface area contributed by atoms with Crippen molar-refractivity contribution in [2.75, 3.05) is 40.0 Å². The number of likely N-dealkylation sites (tertiary alicyclic amines) is 1. The van der Waals surface area contributed by atoms with Gasteiger partial charge in [-0.3, -0.25) is 9.69 Å². The number of ether oxygens (including phenoxy) is 3. The summed E-state index contributed by atoms with van der Waals surface area (Å²) in [5.41, 5.74) is 1.06. The number of rotatable bonds is 9. The number of carboxylic acids is 1. The van der Waals surface area contributed by atoms with Gasteiger partial charge in [-0.15, -0.1) is 0 Å². The summed E-state index contributed by atoms with van der Waals surface area (Å²) < 4.78 is 16.6. The molecular formula is C18H27NO5. The van der Waals surface area contributed by atoms with E-state index in [0.717, 1.165) is 30.9 Å². The van der Waals surface area contributed by atoms with Gasteiger partial charge in [-0.25, -0.2) is 0 Å². The summed E-state index contributed by atoms with van der Waals surface area (Å²) in [6, 6.07) is 5.87. The Hall–Kier alpha value is -1.79. The predicted octanol–water partition coefficient (Wildman–Crippen LogP) is 2.41. The van der Waals surface area contributed by atoms with E-state index in [-0.39, 0.29) is 5.92 Å². The van der Waals surface area contributed by atoms with Gasteiger partial charge in [-0.2, -0.15) is 0 Å². The van der Waals surface area contributed by atoms with Crippen LogP contribution in [0.2, 0.25) is 0 Å². The Balaban J connectivity index is 1.99. The van der Waals surface area contributed by atoms with Crippen molar-refractivity contribution >= 4 is 5.97 Å². The molecule has 1 N–H and O–H groups in total. The number of aliphatic carboxylic acids is 1. The number of hydrogen-bond donors (Lipinski definition) is 1. The maximum Gasteiger partial charge on any atom is 0.306 e. The van der Waals surface area contributed by atoms with Crippen molar-refractivity contribution in [3.8, 4) is 11.5 Å². The molecule has 0 atom stereocenters. The molecule has 1 aromatic rings. The highest BCUT2D eigenvalue weighted by Crippen LogP contribution is 2.32. The normalized spacial score (nSPS) is 16.1. The van der Waals surface area contributed by atoms with Crippen LogP contribution in [0.3, 0.4) is 0 Å². The van der Waals surface area contributed by atoms with Crippen LogP contribution in [0.5, 0.6) is 11.5 Å². The minimum absolute atomic E-state index is 0.214. The molecule has 2 rings (SSSR count). The van der Waals surface area contributed by atoms with Gasteiger partial charge in [-0.05, 0) is 38.9 Å². The van der Waals surface area contributed by atoms with Crippen molar-refractivity contribution in [1.82, 2.24) is 4.90 Å². The molecule has 0 aromatic heterocycles. The third-order valence-electron chi connectivity index (χ3n) is 4.29. The monoisotopic (exact) mass is 337 g/mol. The Labute approximate surface area is 143 Å². The van der Waals surface area contributed by atoms with Gasteiger partial charge in [0, 0.05) is 18.7 Å². The summed E-state index contributed by atoms with van der Waals surface area (Å²) in [4.78, 5) is 13.3. The molecule has 0 spiro atoms. The van der Waals surface area contributed by atoms with Crippen LogP contribution in [0.4, 0.5) is 0 Å². The Kier molecular flexibility index (Phi) is 7.34. The summed E-state index contributed by atoms with van der Waals surface area (Å²) in [6.45, 7) is 5.93. The van der Waals surface area contributed by atoms with Crippen LogP contribution in [-0.2, 0) is 16.1 Å². The Bertz CT molecular complexity index is 526. The van der Waals surface area contributed by atoms with Gasteiger partial charge in [0.15, 0.2) is 11.5 Å². The molecule has 24 heavy (non-hydrogen) atoms. The van der Waals surface area contributed by atoms with E-state index in [9.17, 15) is 4.79 Å². The molecule has 0 radical (unpaired) electrons. The molecule has 1 fully saturated rings. The first-order chi connectivity index (χ1) is 11.7. The fraction of sp³-hybridized carbons (Fsp3) is 0.611. The van der Waals surface area contributed by atoms with Gasteiger partial charge >= 0.3 is 5.97 Å². The maximum atomic E-state index is 11.1. The van der Waals surface area contributed by atoms with Gasteiger partial charge < -0.3 is 19.3 Å². The van der Waals surface area contributed by atoms with Crippen molar-refractivity contribution in [2.24, 2.45) is 5.92 Å². The van der Waals surface area contributed by atoms with Crippen LogP contribution >= 0.6 is 0 Å². The highest BCUT2D eigenvalue weighted by Gasteiger charge is 2.25. The van der Waals surface area contributed by atoms with E-state index in [4.69, 9.17) is 19.3 Å². The van der Waals surface area contributed by atoms with E-state index in [2.05, 4.69) is 4.90 Å². The van der Waals surface area contributed by atoms with Crippen LogP contribution in [0.1, 0.15) is 25.3 Å². The van der Waals surface area contributed by atoms with Crippen molar-refractivity contribution < 1.29 is 24.1 Å². The Morgan fingerprint density at radius 2 is 2.04 bits per heavy atom. The van der Waals surface area contributed by atoms with E-state index in [1.54, 1.807) is 7.11 Å². The summed E-state index contributed by atoms with van der Waals surface area (Å²) in [7, 11) is 1.63. The molecule has 1 aliphatic heterocycles. The van der Waals surface area contributed by atoms with Crippen molar-refractivity contribution in [2.45, 2.75) is 26.3 Å². The highest BCUT2D eigenvalue weighted by molar-refractivity contribution is 5.70. The molecule has 0 aliphatic carbocycles. The smallest absolute Gasteiger partial charge is 0.306 e. The molecule has 6 heteroatoms. The minimum Gasteiger partial charge on any atom is -0.493 e. The van der Waals surface area contributed by atoms with E-state index in [1.165, 1.54) is 0 Å². The van der Waals surface area contributed by atoms with Crippen LogP contribution < -0.4 is 9.47 Å². The van der Waals surface area contributed by atoms with Crippen molar-refractivity contribution in [1.29, 1.82) is 0 Å². The fourth-order valence-electron chi connectivity index (χ4n) is 2.94. The SMILES string of the molecule is CCOCCOc1c(CN2CCC(C(=O)O)CC2)cccc1OC. The van der Waals surface area contributed by atoms with Crippen LogP contribution in [0.15, 0.2) is 18.2 Å². The average molecular weight is 337 g/mol. The molecule has 0 bridgehead atoms. The molecule has 1 aromatic carbocycles. The van der Waals surface area contributed by atoms with Gasteiger partial charge in [0.2, 0.25) is 0 Å². The predicted molar refractivity (Wildman–Crippen MR) is 90.6 cm³/mol. The van der Waals surface area contributed by atoms with Crippen LogP contribution in [-0.4, -0.2) is 56.0 Å². The zero-order valence-electron chi connectivity index (χ0n) is 14.5. The first-order valence-corrected chi connectivity index (χ1v) is 8.47. The number of carbonyl (C=O) groups is 1. The second-order valence-electron chi connectivity index (χ2n) is 5.88. The molecule has 1 aliphatic rings. The largest absolute Gasteiger partial charge is 0.493 e. The van der Waals surface area contributed by atoms with Gasteiger partial charge in [-0.1, -0.05) is 12.1 Å². The Morgan fingerprint density at radius 1 is 1.29 bits per heavy atom. The lowest BCUT2D eigenvalue weighted by Gasteiger charge is -2.30. The summed E-state index contributed by atoms with van der Waals surface area (Å²) in [5, 5.41) is 9.10. The van der Waals surface area contributed by atoms with Crippen LogP contribution in [0, 0.1) is 5.92 Å². The standard InChI is InChI=1S/C18H27NO5/c1-3-23-11-12-24-17-15(5-4-6-16(17)22-2)13-19-9-7-14(8-10-19)18(20)21/h4-6,14H,3,7-13H2,1-2H3,(H,20,21). The van der Waals surface area contributed by atoms with Crippen LogP contribution in [0.25, 0.3) is 0 Å². The first kappa shape index (κ1) is 18.5. The lowest BCUT2D eigenvalue weighted by atomic mass is 9.97. The quantitative estimate of drug-likeness (QED) is 0.698. The number of carboxylic acid groups (broad SMARTS) is 1. The van der Waals surface area contributed by atoms with Crippen molar-refractivity contribution in [3.63, 3.8) is 0 Å². The van der Waals surface area contributed by atoms with E-state index in [0.29, 0.717) is 38.4 Å². The molecular weight excluding hydrogens is 310 g/mol. The van der Waals surface area contributed by atoms with E-state index in [1.807, 2.05) is 25.1 Å². The summed E-state index contributed by atoms with van der Waals surface area (Å²) in [5.74, 6) is 0.564. The fourth-order valence-corrected chi connectivity index (χ4v) is 2.94. The number of piperidine rings is 1. The maximum absolute atomic E-state index is 11.1. The number of methoxy groups -OCH3 is 1. The van der Waals surface area contributed by atoms with Crippen molar-refractivity contribution in [3.05, 3.63) is 23.8 Å². The lowest BCUT2D eigenvalue weighted by molar-refractivity contribution is -0.143. The van der Waals surface area contributed by atoms with Gasteiger partial charge in [0.05, 0.1) is 19.6 Å². The number of hydrogen-bond acceptors (Lipinski definition) is 5. The zero-order valence-corrected chi connectivity index (χ0v) is 14.5. The average Bonchev–Trinajstić information content (AvgIpc) is 2.60. The molecule has 134 valence electrons. The molecule has 0 saturated carbocycles. The summed E-state index contributed by atoms with van der Waals surface area (Å²) >= 11 is 0. The second-order valence-corrected chi connectivity index (χ2v) is 5.88. The molecule has 0 amide bonds. The first-order valence-electron chi connectivity index (χ1n) is 8.47. The summed E-state index contributed by atoms with van der Waals surface area (Å²) in [6.07, 6.45) is 1.39. The molecule has 1 heterocycles. The number of nitrogens with zero attached hydrogens (tertiary/aromatic N) is 1.